The van der Waals surface area contributed by atoms with Gasteiger partial charge in [-0.2, -0.15) is 0 Å². The maximum absolute atomic E-state index is 11.9. The van der Waals surface area contributed by atoms with Crippen LogP contribution in [0.3, 0.4) is 0 Å². The molecule has 0 bridgehead atoms. The molecule has 1 N–H and O–H groups in total. The van der Waals surface area contributed by atoms with Crippen LogP contribution >= 0.6 is 0 Å². The molecule has 0 saturated carbocycles. The molecule has 0 aliphatic rings. The van der Waals surface area contributed by atoms with Gasteiger partial charge in [-0.15, -0.1) is 0 Å². The lowest BCUT2D eigenvalue weighted by Gasteiger charge is -2.31. The highest BCUT2D eigenvalue weighted by Crippen LogP contribution is 2.07. The molecule has 0 radical (unpaired) electrons. The van der Waals surface area contributed by atoms with Gasteiger partial charge < -0.3 is 14.7 Å². The van der Waals surface area contributed by atoms with Crippen molar-refractivity contribution in [2.45, 2.75) is 32.9 Å². The fraction of sp³-hybridized carbons (Fsp3) is 0.667. The van der Waals surface area contributed by atoms with Crippen LogP contribution in [0.25, 0.3) is 0 Å². The number of likely N-dealkylation sites (N-methyl/N-ethyl adjacent to an activating group) is 1. The normalized spacial score (nSPS) is 12.7. The first-order chi connectivity index (χ1) is 8.58. The standard InChI is InChI=1S/C15H30N3O/c1-9-14(17(5)15(19)12(2)3)16-13(4)10-11-18(6,7)8/h14,16H,2,4,9-11H2,1,3,5-8H3/q+1. The van der Waals surface area contributed by atoms with E-state index in [9.17, 15) is 4.79 Å². The number of quaternary nitrogens is 1. The Morgan fingerprint density at radius 2 is 1.84 bits per heavy atom. The molecule has 0 aromatic heterocycles. The largest absolute Gasteiger partial charge is 0.369 e. The minimum absolute atomic E-state index is 0.0239. The van der Waals surface area contributed by atoms with E-state index in [2.05, 4.69) is 39.6 Å². The van der Waals surface area contributed by atoms with Crippen LogP contribution in [0.1, 0.15) is 26.7 Å². The van der Waals surface area contributed by atoms with Gasteiger partial charge in [0.2, 0.25) is 5.91 Å². The topological polar surface area (TPSA) is 32.3 Å². The van der Waals surface area contributed by atoms with Gasteiger partial charge in [-0.3, -0.25) is 4.79 Å². The molecule has 0 aliphatic carbocycles. The Morgan fingerprint density at radius 1 is 1.32 bits per heavy atom. The average Bonchev–Trinajstić information content (AvgIpc) is 2.30. The third-order valence-electron chi connectivity index (χ3n) is 2.99. The Labute approximate surface area is 118 Å². The van der Waals surface area contributed by atoms with E-state index in [0.29, 0.717) is 5.57 Å². The van der Waals surface area contributed by atoms with E-state index in [-0.39, 0.29) is 12.1 Å². The summed E-state index contributed by atoms with van der Waals surface area (Å²) in [5.74, 6) is -0.0289. The minimum atomic E-state index is -0.0289. The Bertz CT molecular complexity index is 342. The molecule has 0 rings (SSSR count). The first kappa shape index (κ1) is 17.7. The summed E-state index contributed by atoms with van der Waals surface area (Å²) in [4.78, 5) is 13.6. The Morgan fingerprint density at radius 3 is 2.21 bits per heavy atom. The number of amides is 1. The summed E-state index contributed by atoms with van der Waals surface area (Å²) in [7, 11) is 8.26. The van der Waals surface area contributed by atoms with Crippen LogP contribution in [0, 0.1) is 0 Å². The lowest BCUT2D eigenvalue weighted by Crippen LogP contribution is -2.46. The number of carbonyl (C=O) groups excluding carboxylic acids is 1. The molecule has 4 nitrogen and oxygen atoms in total. The van der Waals surface area contributed by atoms with E-state index in [1.54, 1.807) is 18.9 Å². The van der Waals surface area contributed by atoms with Crippen molar-refractivity contribution in [2.75, 3.05) is 34.7 Å². The highest BCUT2D eigenvalue weighted by Gasteiger charge is 2.19. The van der Waals surface area contributed by atoms with E-state index < -0.39 is 0 Å². The molecule has 19 heavy (non-hydrogen) atoms. The highest BCUT2D eigenvalue weighted by molar-refractivity contribution is 5.92. The van der Waals surface area contributed by atoms with Crippen molar-refractivity contribution >= 4 is 5.91 Å². The van der Waals surface area contributed by atoms with Crippen molar-refractivity contribution in [3.05, 3.63) is 24.4 Å². The van der Waals surface area contributed by atoms with Crippen LogP contribution in [0.2, 0.25) is 0 Å². The second-order valence-corrected chi connectivity index (χ2v) is 6.13. The number of carbonyl (C=O) groups is 1. The molecule has 0 saturated heterocycles. The van der Waals surface area contributed by atoms with Gasteiger partial charge in [-0.1, -0.05) is 20.1 Å². The lowest BCUT2D eigenvalue weighted by atomic mass is 10.2. The quantitative estimate of drug-likeness (QED) is 0.415. The molecule has 0 aromatic carbocycles. The summed E-state index contributed by atoms with van der Waals surface area (Å²) < 4.78 is 0.901. The van der Waals surface area contributed by atoms with Crippen molar-refractivity contribution in [2.24, 2.45) is 0 Å². The highest BCUT2D eigenvalue weighted by atomic mass is 16.2. The predicted molar refractivity (Wildman–Crippen MR) is 81.5 cm³/mol. The van der Waals surface area contributed by atoms with E-state index in [1.807, 2.05) is 6.92 Å². The van der Waals surface area contributed by atoms with Crippen molar-refractivity contribution in [1.29, 1.82) is 0 Å². The first-order valence-electron chi connectivity index (χ1n) is 6.76. The summed E-state index contributed by atoms with van der Waals surface area (Å²) in [6, 6.07) is 0. The van der Waals surface area contributed by atoms with Crippen LogP contribution in [-0.4, -0.2) is 56.2 Å². The Kier molecular flexibility index (Phi) is 6.84. The summed E-state index contributed by atoms with van der Waals surface area (Å²) >= 11 is 0. The molecule has 4 heteroatoms. The molecule has 0 aromatic rings. The molecule has 110 valence electrons. The smallest absolute Gasteiger partial charge is 0.250 e. The third-order valence-corrected chi connectivity index (χ3v) is 2.99. The number of hydrogen-bond acceptors (Lipinski definition) is 2. The number of rotatable bonds is 8. The van der Waals surface area contributed by atoms with Gasteiger partial charge >= 0.3 is 0 Å². The lowest BCUT2D eigenvalue weighted by molar-refractivity contribution is -0.870. The molecule has 1 atom stereocenters. The summed E-state index contributed by atoms with van der Waals surface area (Å²) in [6.45, 7) is 12.5. The van der Waals surface area contributed by atoms with Crippen LogP contribution in [-0.2, 0) is 4.79 Å². The average molecular weight is 268 g/mol. The third kappa shape index (κ3) is 7.01. The molecule has 1 unspecified atom stereocenters. The molecule has 0 aliphatic heterocycles. The summed E-state index contributed by atoms with van der Waals surface area (Å²) in [5.41, 5.74) is 1.53. The van der Waals surface area contributed by atoms with Gasteiger partial charge in [0.05, 0.1) is 27.7 Å². The van der Waals surface area contributed by atoms with Gasteiger partial charge in [0.1, 0.15) is 6.17 Å². The SMILES string of the molecule is C=C(CC[N+](C)(C)C)NC(CC)N(C)C(=O)C(=C)C. The first-order valence-corrected chi connectivity index (χ1v) is 6.76. The number of nitrogens with zero attached hydrogens (tertiary/aromatic N) is 2. The van der Waals surface area contributed by atoms with Gasteiger partial charge in [0.15, 0.2) is 0 Å². The second-order valence-electron chi connectivity index (χ2n) is 6.13. The Balaban J connectivity index is 4.44. The number of nitrogens with one attached hydrogen (secondary N) is 1. The van der Waals surface area contributed by atoms with Crippen LogP contribution in [0.5, 0.6) is 0 Å². The molecule has 0 spiro atoms. The monoisotopic (exact) mass is 268 g/mol. The molecular formula is C15H30N3O+. The van der Waals surface area contributed by atoms with Crippen molar-refractivity contribution in [3.63, 3.8) is 0 Å². The number of hydrogen-bond donors (Lipinski definition) is 1. The zero-order valence-electron chi connectivity index (χ0n) is 13.4. The van der Waals surface area contributed by atoms with Crippen LogP contribution < -0.4 is 5.32 Å². The van der Waals surface area contributed by atoms with Crippen molar-refractivity contribution in [3.8, 4) is 0 Å². The maximum Gasteiger partial charge on any atom is 0.250 e. The Hall–Kier alpha value is -1.29. The second kappa shape index (κ2) is 7.34. The van der Waals surface area contributed by atoms with Gasteiger partial charge in [-0.25, -0.2) is 0 Å². The molecular weight excluding hydrogens is 238 g/mol. The minimum Gasteiger partial charge on any atom is -0.369 e. The van der Waals surface area contributed by atoms with Crippen LogP contribution in [0.15, 0.2) is 24.4 Å². The van der Waals surface area contributed by atoms with Gasteiger partial charge in [-0.05, 0) is 13.3 Å². The van der Waals surface area contributed by atoms with Gasteiger partial charge in [0, 0.05) is 24.7 Å². The fourth-order valence-corrected chi connectivity index (χ4v) is 1.69. The summed E-state index contributed by atoms with van der Waals surface area (Å²) in [6.07, 6.45) is 1.71. The van der Waals surface area contributed by atoms with Gasteiger partial charge in [0.25, 0.3) is 0 Å². The summed E-state index contributed by atoms with van der Waals surface area (Å²) in [5, 5.41) is 3.33. The molecule has 0 heterocycles. The van der Waals surface area contributed by atoms with E-state index in [1.165, 1.54) is 0 Å². The fourth-order valence-electron chi connectivity index (χ4n) is 1.69. The van der Waals surface area contributed by atoms with E-state index in [4.69, 9.17) is 0 Å². The van der Waals surface area contributed by atoms with E-state index in [0.717, 1.165) is 29.6 Å². The van der Waals surface area contributed by atoms with Crippen LogP contribution in [0.4, 0.5) is 0 Å². The maximum atomic E-state index is 11.9. The van der Waals surface area contributed by atoms with Crippen molar-refractivity contribution in [1.82, 2.24) is 10.2 Å². The van der Waals surface area contributed by atoms with Crippen molar-refractivity contribution < 1.29 is 9.28 Å². The zero-order valence-corrected chi connectivity index (χ0v) is 13.4. The zero-order chi connectivity index (χ0) is 15.2. The molecule has 1 amide bonds. The molecule has 0 fully saturated rings. The predicted octanol–water partition coefficient (Wildman–Crippen LogP) is 1.96. The van der Waals surface area contributed by atoms with E-state index >= 15 is 0 Å².